The standard InChI is InChI=1S/C13H18O3S/c1-13(2,3)11-5-7-12(8-6-11)17(15,16)10-4-9-14/h5-9H,4,10H2,1-3H3. The first kappa shape index (κ1) is 13.9. The minimum Gasteiger partial charge on any atom is -0.303 e. The fourth-order valence-electron chi connectivity index (χ4n) is 1.48. The number of hydrogen-bond donors (Lipinski definition) is 0. The van der Waals surface area contributed by atoms with Crippen LogP contribution in [-0.2, 0) is 20.0 Å². The van der Waals surface area contributed by atoms with Crippen LogP contribution in [0.15, 0.2) is 29.2 Å². The average molecular weight is 254 g/mol. The lowest BCUT2D eigenvalue weighted by Gasteiger charge is -2.19. The molecule has 0 amide bonds. The Labute approximate surface area is 103 Å². The molecule has 0 unspecified atom stereocenters. The summed E-state index contributed by atoms with van der Waals surface area (Å²) in [5, 5.41) is 0. The second kappa shape index (κ2) is 5.00. The van der Waals surface area contributed by atoms with Crippen molar-refractivity contribution in [2.24, 2.45) is 0 Å². The molecule has 4 heteroatoms. The molecule has 0 aliphatic heterocycles. The molecule has 0 fully saturated rings. The molecule has 3 nitrogen and oxygen atoms in total. The highest BCUT2D eigenvalue weighted by molar-refractivity contribution is 7.91. The van der Waals surface area contributed by atoms with Gasteiger partial charge in [0.15, 0.2) is 9.84 Å². The molecule has 1 rings (SSSR count). The van der Waals surface area contributed by atoms with Gasteiger partial charge in [0.1, 0.15) is 6.29 Å². The first-order valence-corrected chi connectivity index (χ1v) is 7.19. The lowest BCUT2D eigenvalue weighted by Crippen LogP contribution is -2.12. The zero-order chi connectivity index (χ0) is 13.1. The summed E-state index contributed by atoms with van der Waals surface area (Å²) in [6.45, 7) is 6.22. The van der Waals surface area contributed by atoms with Gasteiger partial charge in [-0.2, -0.15) is 0 Å². The Morgan fingerprint density at radius 2 is 1.65 bits per heavy atom. The van der Waals surface area contributed by atoms with Crippen molar-refractivity contribution < 1.29 is 13.2 Å². The number of rotatable bonds is 4. The molecule has 94 valence electrons. The highest BCUT2D eigenvalue weighted by Gasteiger charge is 2.17. The van der Waals surface area contributed by atoms with Crippen LogP contribution in [0, 0.1) is 0 Å². The number of sulfone groups is 1. The first-order chi connectivity index (χ1) is 7.77. The summed E-state index contributed by atoms with van der Waals surface area (Å²) in [4.78, 5) is 10.5. The Morgan fingerprint density at radius 1 is 1.12 bits per heavy atom. The highest BCUT2D eigenvalue weighted by atomic mass is 32.2. The third-order valence-electron chi connectivity index (χ3n) is 2.58. The topological polar surface area (TPSA) is 51.2 Å². The van der Waals surface area contributed by atoms with E-state index in [-0.39, 0.29) is 22.5 Å². The minimum absolute atomic E-state index is 0.00505. The molecule has 0 N–H and O–H groups in total. The molecule has 0 aliphatic rings. The molecule has 1 aromatic rings. The fraction of sp³-hybridized carbons (Fsp3) is 0.462. The molecule has 1 aromatic carbocycles. The molecule has 0 aromatic heterocycles. The summed E-state index contributed by atoms with van der Waals surface area (Å²) in [6.07, 6.45) is 0.671. The lowest BCUT2D eigenvalue weighted by atomic mass is 9.87. The quantitative estimate of drug-likeness (QED) is 0.775. The minimum atomic E-state index is -3.32. The predicted molar refractivity (Wildman–Crippen MR) is 67.9 cm³/mol. The number of carbonyl (C=O) groups excluding carboxylic acids is 1. The Bertz CT molecular complexity index is 478. The summed E-state index contributed by atoms with van der Waals surface area (Å²) in [5.41, 5.74) is 1.09. The van der Waals surface area contributed by atoms with E-state index in [1.54, 1.807) is 12.1 Å². The third-order valence-corrected chi connectivity index (χ3v) is 4.35. The Hall–Kier alpha value is -1.16. The van der Waals surface area contributed by atoms with Crippen LogP contribution in [0.3, 0.4) is 0 Å². The average Bonchev–Trinajstić information content (AvgIpc) is 2.25. The zero-order valence-electron chi connectivity index (χ0n) is 10.4. The largest absolute Gasteiger partial charge is 0.303 e. The fourth-order valence-corrected chi connectivity index (χ4v) is 2.68. The normalized spacial score (nSPS) is 12.4. The van der Waals surface area contributed by atoms with Crippen molar-refractivity contribution in [3.05, 3.63) is 29.8 Å². The smallest absolute Gasteiger partial charge is 0.178 e. The van der Waals surface area contributed by atoms with Crippen molar-refractivity contribution in [3.8, 4) is 0 Å². The second-order valence-corrected chi connectivity index (χ2v) is 7.16. The van der Waals surface area contributed by atoms with E-state index in [0.717, 1.165) is 5.56 Å². The molecule has 0 bridgehead atoms. The third kappa shape index (κ3) is 3.66. The lowest BCUT2D eigenvalue weighted by molar-refractivity contribution is -0.107. The van der Waals surface area contributed by atoms with Crippen LogP contribution >= 0.6 is 0 Å². The Kier molecular flexibility index (Phi) is 4.09. The molecule has 0 saturated carbocycles. The van der Waals surface area contributed by atoms with Gasteiger partial charge in [-0.25, -0.2) is 8.42 Å². The van der Waals surface area contributed by atoms with Gasteiger partial charge in [0.25, 0.3) is 0 Å². The first-order valence-electron chi connectivity index (χ1n) is 5.54. The van der Waals surface area contributed by atoms with Gasteiger partial charge in [-0.15, -0.1) is 0 Å². The summed E-state index contributed by atoms with van der Waals surface area (Å²) in [5.74, 6) is -0.120. The van der Waals surface area contributed by atoms with E-state index in [9.17, 15) is 13.2 Å². The Balaban J connectivity index is 2.99. The summed E-state index contributed by atoms with van der Waals surface area (Å²) in [7, 11) is -3.32. The molecule has 0 heterocycles. The molecule has 17 heavy (non-hydrogen) atoms. The van der Waals surface area contributed by atoms with Gasteiger partial charge < -0.3 is 4.79 Å². The molecule has 0 spiro atoms. The molecule has 0 saturated heterocycles. The molecule has 0 radical (unpaired) electrons. The van der Waals surface area contributed by atoms with Gasteiger partial charge in [0.05, 0.1) is 10.6 Å². The summed E-state index contributed by atoms with van der Waals surface area (Å²) >= 11 is 0. The maximum absolute atomic E-state index is 11.8. The van der Waals surface area contributed by atoms with Gasteiger partial charge in [-0.05, 0) is 23.1 Å². The monoisotopic (exact) mass is 254 g/mol. The summed E-state index contributed by atoms with van der Waals surface area (Å²) in [6, 6.07) is 6.88. The number of benzene rings is 1. The molecular formula is C13H18O3S. The van der Waals surface area contributed by atoms with Crippen molar-refractivity contribution in [2.45, 2.75) is 37.5 Å². The van der Waals surface area contributed by atoms with Gasteiger partial charge in [-0.1, -0.05) is 32.9 Å². The van der Waals surface area contributed by atoms with Gasteiger partial charge >= 0.3 is 0 Å². The van der Waals surface area contributed by atoms with E-state index in [4.69, 9.17) is 0 Å². The summed E-state index contributed by atoms with van der Waals surface area (Å²) < 4.78 is 23.6. The van der Waals surface area contributed by atoms with Crippen LogP contribution in [0.5, 0.6) is 0 Å². The van der Waals surface area contributed by atoms with Crippen LogP contribution < -0.4 is 0 Å². The maximum atomic E-state index is 11.8. The van der Waals surface area contributed by atoms with Crippen molar-refractivity contribution in [1.29, 1.82) is 0 Å². The van der Waals surface area contributed by atoms with Crippen LogP contribution in [0.4, 0.5) is 0 Å². The van der Waals surface area contributed by atoms with Gasteiger partial charge in [0, 0.05) is 6.42 Å². The van der Waals surface area contributed by atoms with Crippen molar-refractivity contribution in [3.63, 3.8) is 0 Å². The predicted octanol–water partition coefficient (Wildman–Crippen LogP) is 2.35. The van der Waals surface area contributed by atoms with E-state index in [0.29, 0.717) is 6.29 Å². The molecule has 0 atom stereocenters. The van der Waals surface area contributed by atoms with E-state index < -0.39 is 9.84 Å². The SMILES string of the molecule is CC(C)(C)c1ccc(S(=O)(=O)CCC=O)cc1. The van der Waals surface area contributed by atoms with E-state index in [1.165, 1.54) is 0 Å². The second-order valence-electron chi connectivity index (χ2n) is 5.05. The van der Waals surface area contributed by atoms with Crippen molar-refractivity contribution >= 4 is 16.1 Å². The molecular weight excluding hydrogens is 236 g/mol. The van der Waals surface area contributed by atoms with Crippen molar-refractivity contribution in [2.75, 3.05) is 5.75 Å². The number of hydrogen-bond acceptors (Lipinski definition) is 3. The highest BCUT2D eigenvalue weighted by Crippen LogP contribution is 2.23. The van der Waals surface area contributed by atoms with Crippen LogP contribution in [-0.4, -0.2) is 20.5 Å². The van der Waals surface area contributed by atoms with E-state index in [2.05, 4.69) is 20.8 Å². The molecule has 0 aliphatic carbocycles. The van der Waals surface area contributed by atoms with Gasteiger partial charge in [-0.3, -0.25) is 0 Å². The van der Waals surface area contributed by atoms with Crippen LogP contribution in [0.1, 0.15) is 32.8 Å². The maximum Gasteiger partial charge on any atom is 0.178 e. The van der Waals surface area contributed by atoms with Gasteiger partial charge in [0.2, 0.25) is 0 Å². The zero-order valence-corrected chi connectivity index (χ0v) is 11.3. The number of aldehydes is 1. The number of carbonyl (C=O) groups is 1. The Morgan fingerprint density at radius 3 is 2.06 bits per heavy atom. The van der Waals surface area contributed by atoms with Crippen molar-refractivity contribution in [1.82, 2.24) is 0 Å². The van der Waals surface area contributed by atoms with Crippen LogP contribution in [0.25, 0.3) is 0 Å². The van der Waals surface area contributed by atoms with E-state index in [1.807, 2.05) is 12.1 Å². The van der Waals surface area contributed by atoms with E-state index >= 15 is 0 Å². The van der Waals surface area contributed by atoms with Crippen LogP contribution in [0.2, 0.25) is 0 Å².